The van der Waals surface area contributed by atoms with Gasteiger partial charge in [0, 0.05) is 15.6 Å². The normalized spacial score (nSPS) is 16.5. The summed E-state index contributed by atoms with van der Waals surface area (Å²) >= 11 is 8.52. The Morgan fingerprint density at radius 3 is 2.68 bits per heavy atom. The van der Waals surface area contributed by atoms with Gasteiger partial charge in [0.2, 0.25) is 0 Å². The quantitative estimate of drug-likeness (QED) is 0.282. The summed E-state index contributed by atoms with van der Waals surface area (Å²) in [6, 6.07) is 20.0. The molecule has 2 heterocycles. The van der Waals surface area contributed by atoms with Crippen LogP contribution in [0.25, 0.3) is 11.8 Å². The number of methoxy groups -OCH3 is 2. The summed E-state index contributed by atoms with van der Waals surface area (Å²) in [6.45, 7) is 0. The number of rotatable bonds is 4. The van der Waals surface area contributed by atoms with Gasteiger partial charge in [-0.2, -0.15) is 0 Å². The molecular formula is C29H22Br2N2O3S. The molecule has 2 aliphatic rings. The van der Waals surface area contributed by atoms with Crippen LogP contribution in [-0.2, 0) is 6.42 Å². The van der Waals surface area contributed by atoms with Crippen LogP contribution in [0.5, 0.6) is 11.5 Å². The minimum atomic E-state index is -0.256. The molecule has 0 saturated carbocycles. The van der Waals surface area contributed by atoms with Crippen LogP contribution in [0, 0.1) is 0 Å². The summed E-state index contributed by atoms with van der Waals surface area (Å²) in [7, 11) is 3.29. The second-order valence-corrected chi connectivity index (χ2v) is 11.7. The Bertz CT molecular complexity index is 1770. The predicted octanol–water partition coefficient (Wildman–Crippen LogP) is 5.86. The first kappa shape index (κ1) is 24.4. The molecule has 186 valence electrons. The van der Waals surface area contributed by atoms with Gasteiger partial charge in [0.05, 0.1) is 35.0 Å². The lowest BCUT2D eigenvalue weighted by molar-refractivity contribution is 0.411. The lowest BCUT2D eigenvalue weighted by atomic mass is 9.83. The molecule has 1 aliphatic heterocycles. The van der Waals surface area contributed by atoms with Gasteiger partial charge in [0.1, 0.15) is 11.5 Å². The van der Waals surface area contributed by atoms with Crippen LogP contribution in [-0.4, -0.2) is 18.8 Å². The van der Waals surface area contributed by atoms with Crippen molar-refractivity contribution in [2.75, 3.05) is 14.2 Å². The molecule has 4 aromatic rings. The van der Waals surface area contributed by atoms with Crippen LogP contribution >= 0.6 is 43.2 Å². The van der Waals surface area contributed by atoms with Crippen LogP contribution in [0.1, 0.15) is 34.7 Å². The Hall–Kier alpha value is -2.94. The standard InChI is InChI=1S/C29H22Br2N2O3S/c1-35-20-8-5-7-17(13-20)26-22-11-10-16-6-3-4-9-21(16)25(22)32-29-33(26)28(34)24(37-29)14-18-12-19(30)15-23(31)27(18)36-2/h3-9,12-15,26H,10-11H2,1-2H3. The highest BCUT2D eigenvalue weighted by Gasteiger charge is 2.32. The van der Waals surface area contributed by atoms with Gasteiger partial charge in [-0.05, 0) is 75.8 Å². The van der Waals surface area contributed by atoms with Crippen LogP contribution in [0.15, 0.2) is 85.0 Å². The molecule has 0 spiro atoms. The van der Waals surface area contributed by atoms with E-state index in [9.17, 15) is 4.79 Å². The Morgan fingerprint density at radius 2 is 1.86 bits per heavy atom. The van der Waals surface area contributed by atoms with Crippen LogP contribution in [0.4, 0.5) is 0 Å². The second kappa shape index (κ2) is 9.74. The molecule has 6 rings (SSSR count). The lowest BCUT2D eigenvalue weighted by Crippen LogP contribution is -2.38. The van der Waals surface area contributed by atoms with E-state index in [1.165, 1.54) is 16.9 Å². The first-order chi connectivity index (χ1) is 18.0. The Morgan fingerprint density at radius 1 is 1.03 bits per heavy atom. The van der Waals surface area contributed by atoms with Crippen molar-refractivity contribution in [3.8, 4) is 11.5 Å². The molecule has 0 saturated heterocycles. The highest BCUT2D eigenvalue weighted by atomic mass is 79.9. The summed E-state index contributed by atoms with van der Waals surface area (Å²) < 4.78 is 15.3. The van der Waals surface area contributed by atoms with E-state index in [1.807, 2.05) is 41.0 Å². The Balaban J connectivity index is 1.64. The summed E-state index contributed by atoms with van der Waals surface area (Å²) in [6.07, 6.45) is 3.64. The van der Waals surface area contributed by atoms with Crippen LogP contribution in [0.2, 0.25) is 0 Å². The molecule has 1 atom stereocenters. The molecule has 0 fully saturated rings. The zero-order chi connectivity index (χ0) is 25.7. The molecule has 0 amide bonds. The highest BCUT2D eigenvalue weighted by Crippen LogP contribution is 2.41. The molecule has 0 N–H and O–H groups in total. The van der Waals surface area contributed by atoms with Crippen molar-refractivity contribution in [1.82, 2.24) is 4.57 Å². The summed E-state index contributed by atoms with van der Waals surface area (Å²) in [5.74, 6) is 1.44. The maximum absolute atomic E-state index is 14.0. The molecule has 37 heavy (non-hydrogen) atoms. The van der Waals surface area contributed by atoms with E-state index in [4.69, 9.17) is 14.5 Å². The topological polar surface area (TPSA) is 52.8 Å². The molecule has 5 nitrogen and oxygen atoms in total. The monoisotopic (exact) mass is 636 g/mol. The van der Waals surface area contributed by atoms with Gasteiger partial charge in [-0.1, -0.05) is 63.7 Å². The van der Waals surface area contributed by atoms with Crippen LogP contribution in [0.3, 0.4) is 0 Å². The molecule has 0 bridgehead atoms. The van der Waals surface area contributed by atoms with Gasteiger partial charge < -0.3 is 9.47 Å². The first-order valence-electron chi connectivity index (χ1n) is 11.8. The number of aromatic nitrogens is 1. The molecule has 1 aromatic heterocycles. The number of thiazole rings is 1. The third-order valence-electron chi connectivity index (χ3n) is 6.81. The minimum absolute atomic E-state index is 0.0693. The van der Waals surface area contributed by atoms with E-state index in [2.05, 4.69) is 62.2 Å². The zero-order valence-corrected chi connectivity index (χ0v) is 24.1. The minimum Gasteiger partial charge on any atom is -0.497 e. The van der Waals surface area contributed by atoms with Crippen molar-refractivity contribution in [1.29, 1.82) is 0 Å². The van der Waals surface area contributed by atoms with Gasteiger partial charge in [-0.25, -0.2) is 4.99 Å². The Labute approximate surface area is 234 Å². The number of benzene rings is 3. The number of aryl methyl sites for hydroxylation is 1. The third kappa shape index (κ3) is 4.21. The maximum atomic E-state index is 14.0. The summed E-state index contributed by atoms with van der Waals surface area (Å²) in [4.78, 5) is 19.8. The number of fused-ring (bicyclic) bond motifs is 3. The fourth-order valence-electron chi connectivity index (χ4n) is 5.18. The van der Waals surface area contributed by atoms with Gasteiger partial charge in [-0.3, -0.25) is 9.36 Å². The van der Waals surface area contributed by atoms with E-state index in [1.54, 1.807) is 14.2 Å². The van der Waals surface area contributed by atoms with E-state index < -0.39 is 0 Å². The zero-order valence-electron chi connectivity index (χ0n) is 20.1. The number of hydrogen-bond acceptors (Lipinski definition) is 5. The van der Waals surface area contributed by atoms with Gasteiger partial charge in [0.15, 0.2) is 4.80 Å². The average molecular weight is 638 g/mol. The smallest absolute Gasteiger partial charge is 0.271 e. The number of ether oxygens (including phenoxy) is 2. The van der Waals surface area contributed by atoms with Crippen molar-refractivity contribution < 1.29 is 9.47 Å². The fraction of sp³-hybridized carbons (Fsp3) is 0.172. The van der Waals surface area contributed by atoms with E-state index in [0.29, 0.717) is 15.1 Å². The summed E-state index contributed by atoms with van der Waals surface area (Å²) in [5, 5.41) is 0. The number of halogens is 2. The van der Waals surface area contributed by atoms with Gasteiger partial charge in [-0.15, -0.1) is 0 Å². The largest absolute Gasteiger partial charge is 0.497 e. The first-order valence-corrected chi connectivity index (χ1v) is 14.2. The molecule has 8 heteroatoms. The van der Waals surface area contributed by atoms with Gasteiger partial charge >= 0.3 is 0 Å². The molecular weight excluding hydrogens is 616 g/mol. The van der Waals surface area contributed by atoms with E-state index in [0.717, 1.165) is 55.5 Å². The predicted molar refractivity (Wildman–Crippen MR) is 154 cm³/mol. The molecule has 1 unspecified atom stereocenters. The highest BCUT2D eigenvalue weighted by molar-refractivity contribution is 9.11. The van der Waals surface area contributed by atoms with Crippen LogP contribution < -0.4 is 24.4 Å². The fourth-order valence-corrected chi connectivity index (χ4v) is 7.59. The maximum Gasteiger partial charge on any atom is 0.271 e. The van der Waals surface area contributed by atoms with Crippen molar-refractivity contribution in [2.24, 2.45) is 4.99 Å². The number of hydrogen-bond donors (Lipinski definition) is 0. The third-order valence-corrected chi connectivity index (χ3v) is 8.84. The van der Waals surface area contributed by atoms with Gasteiger partial charge in [0.25, 0.3) is 5.56 Å². The SMILES string of the molecule is COc1cccc(C2C3=C(N=c4sc(=Cc5cc(Br)cc(Br)c5OC)c(=O)n42)c2ccccc2CC3)c1. The summed E-state index contributed by atoms with van der Waals surface area (Å²) in [5.41, 5.74) is 6.32. The molecule has 0 radical (unpaired) electrons. The molecule has 1 aliphatic carbocycles. The van der Waals surface area contributed by atoms with E-state index >= 15 is 0 Å². The van der Waals surface area contributed by atoms with Crippen molar-refractivity contribution in [3.05, 3.63) is 117 Å². The average Bonchev–Trinajstić information content (AvgIpc) is 3.21. The van der Waals surface area contributed by atoms with Crippen molar-refractivity contribution in [2.45, 2.75) is 18.9 Å². The van der Waals surface area contributed by atoms with Crippen molar-refractivity contribution in [3.63, 3.8) is 0 Å². The second-order valence-electron chi connectivity index (χ2n) is 8.90. The van der Waals surface area contributed by atoms with E-state index in [-0.39, 0.29) is 11.6 Å². The number of allylic oxidation sites excluding steroid dienone is 1. The Kier molecular flexibility index (Phi) is 6.42. The molecule has 3 aromatic carbocycles. The lowest BCUT2D eigenvalue weighted by Gasteiger charge is -2.31. The number of nitrogens with zero attached hydrogens (tertiary/aromatic N) is 2. The van der Waals surface area contributed by atoms with Crippen molar-refractivity contribution >= 4 is 55.0 Å².